The first kappa shape index (κ1) is 26.9. The fourth-order valence-electron chi connectivity index (χ4n) is 5.34. The summed E-state index contributed by atoms with van der Waals surface area (Å²) in [5, 5.41) is 1.16. The Labute approximate surface area is 239 Å². The molecule has 0 aliphatic carbocycles. The van der Waals surface area contributed by atoms with E-state index in [1.807, 2.05) is 30.3 Å². The molecule has 0 fully saturated rings. The largest absolute Gasteiger partial charge is 1.00 e. The van der Waals surface area contributed by atoms with Crippen molar-refractivity contribution in [2.45, 2.75) is 6.54 Å². The van der Waals surface area contributed by atoms with E-state index in [1.165, 1.54) is 0 Å². The van der Waals surface area contributed by atoms with Crippen LogP contribution in [0.2, 0.25) is 0 Å². The average Bonchev–Trinajstić information content (AvgIpc) is 3.28. The van der Waals surface area contributed by atoms with E-state index in [0.29, 0.717) is 23.8 Å². The molecule has 4 aromatic carbocycles. The van der Waals surface area contributed by atoms with Gasteiger partial charge in [0.25, 0.3) is 5.65 Å². The van der Waals surface area contributed by atoms with E-state index >= 15 is 0 Å². The first-order valence-corrected chi connectivity index (χ1v) is 12.8. The Balaban J connectivity index is 0.00000323. The number of rotatable bonds is 7. The summed E-state index contributed by atoms with van der Waals surface area (Å²) in [7, 11) is 4.90. The topological polar surface area (TPSA) is 62.0 Å². The molecule has 6 nitrogen and oxygen atoms in total. The Morgan fingerprint density at radius 1 is 0.775 bits per heavy atom. The van der Waals surface area contributed by atoms with Crippen molar-refractivity contribution >= 4 is 45.4 Å². The van der Waals surface area contributed by atoms with Crippen LogP contribution >= 0.6 is 0 Å². The first-order chi connectivity index (χ1) is 19.1. The van der Waals surface area contributed by atoms with Crippen molar-refractivity contribution in [3.63, 3.8) is 0 Å². The van der Waals surface area contributed by atoms with Crippen LogP contribution < -0.4 is 36.9 Å². The van der Waals surface area contributed by atoms with Crippen LogP contribution in [-0.4, -0.2) is 25.7 Å². The first-order valence-electron chi connectivity index (χ1n) is 12.8. The van der Waals surface area contributed by atoms with Gasteiger partial charge in [0.05, 0.1) is 21.3 Å². The van der Waals surface area contributed by atoms with Crippen molar-refractivity contribution < 1.29 is 31.2 Å². The van der Waals surface area contributed by atoms with Crippen LogP contribution in [0, 0.1) is 0 Å². The van der Waals surface area contributed by atoms with Gasteiger partial charge in [0, 0.05) is 28.3 Å². The maximum Gasteiger partial charge on any atom is 0.287 e. The number of methoxy groups -OCH3 is 3. The van der Waals surface area contributed by atoms with Gasteiger partial charge in [-0.15, -0.1) is 0 Å². The molecule has 0 bridgehead atoms. The lowest BCUT2D eigenvalue weighted by Gasteiger charge is -2.13. The Kier molecular flexibility index (Phi) is 7.54. The molecule has 202 valence electrons. The third kappa shape index (κ3) is 4.67. The molecule has 0 aliphatic heterocycles. The third-order valence-electron chi connectivity index (χ3n) is 7.08. The van der Waals surface area contributed by atoms with Crippen LogP contribution in [0.3, 0.4) is 0 Å². The summed E-state index contributed by atoms with van der Waals surface area (Å²) in [4.78, 5) is 0. The number of halogens is 1. The average molecular weight is 552 g/mol. The lowest BCUT2D eigenvalue weighted by atomic mass is 10.1. The van der Waals surface area contributed by atoms with Crippen molar-refractivity contribution in [2.24, 2.45) is 0 Å². The second-order valence-electron chi connectivity index (χ2n) is 9.42. The van der Waals surface area contributed by atoms with E-state index in [1.54, 1.807) is 21.3 Å². The SMILES string of the molecule is COc1cc(C[n+]2c3ccccc3n3c4c(C=Cc5cccc(N)c5)cccc4ccc32)cc(OC)c1OC.[Cl-]. The van der Waals surface area contributed by atoms with Crippen molar-refractivity contribution in [3.8, 4) is 17.2 Å². The number of nitrogens with two attached hydrogens (primary N) is 1. The lowest BCUT2D eigenvalue weighted by molar-refractivity contribution is -0.636. The van der Waals surface area contributed by atoms with Gasteiger partial charge < -0.3 is 32.4 Å². The fraction of sp³-hybridized carbons (Fsp3) is 0.121. The van der Waals surface area contributed by atoms with E-state index in [4.69, 9.17) is 19.9 Å². The minimum absolute atomic E-state index is 0. The number of hydrogen-bond donors (Lipinski definition) is 1. The molecule has 0 radical (unpaired) electrons. The number of anilines is 1. The van der Waals surface area contributed by atoms with Gasteiger partial charge in [0.2, 0.25) is 5.75 Å². The maximum absolute atomic E-state index is 6.01. The highest BCUT2D eigenvalue weighted by Gasteiger charge is 2.23. The molecule has 7 heteroatoms. The smallest absolute Gasteiger partial charge is 0.287 e. The molecule has 0 aliphatic rings. The van der Waals surface area contributed by atoms with E-state index < -0.39 is 0 Å². The van der Waals surface area contributed by atoms with Crippen molar-refractivity contribution in [2.75, 3.05) is 27.1 Å². The Morgan fingerprint density at radius 2 is 1.52 bits per heavy atom. The summed E-state index contributed by atoms with van der Waals surface area (Å²) >= 11 is 0. The number of benzene rings is 4. The molecule has 2 aromatic heterocycles. The second-order valence-corrected chi connectivity index (χ2v) is 9.42. The van der Waals surface area contributed by atoms with E-state index in [9.17, 15) is 0 Å². The highest BCUT2D eigenvalue weighted by Crippen LogP contribution is 2.38. The summed E-state index contributed by atoms with van der Waals surface area (Å²) in [6, 6.07) is 31.2. The number of fused-ring (bicyclic) bond motifs is 5. The summed E-state index contributed by atoms with van der Waals surface area (Å²) in [6.45, 7) is 0.626. The number of ether oxygens (including phenoxy) is 3. The van der Waals surface area contributed by atoms with E-state index in [-0.39, 0.29) is 12.4 Å². The number of pyridine rings is 1. The minimum Gasteiger partial charge on any atom is -1.00 e. The second kappa shape index (κ2) is 11.2. The number of nitrogen functional groups attached to an aromatic ring is 1. The van der Waals surface area contributed by atoms with Crippen molar-refractivity contribution in [1.82, 2.24) is 4.40 Å². The summed E-state index contributed by atoms with van der Waals surface area (Å²) < 4.78 is 21.5. The minimum atomic E-state index is 0. The number of nitrogens with zero attached hydrogens (tertiary/aromatic N) is 2. The van der Waals surface area contributed by atoms with Gasteiger partial charge in [0.1, 0.15) is 12.1 Å². The van der Waals surface area contributed by atoms with Crippen molar-refractivity contribution in [3.05, 3.63) is 108 Å². The molecular weight excluding hydrogens is 522 g/mol. The zero-order valence-electron chi connectivity index (χ0n) is 22.6. The van der Waals surface area contributed by atoms with Gasteiger partial charge >= 0.3 is 0 Å². The zero-order chi connectivity index (χ0) is 26.9. The Hall–Kier alpha value is -4.68. The van der Waals surface area contributed by atoms with Gasteiger partial charge in [-0.3, -0.25) is 0 Å². The highest BCUT2D eigenvalue weighted by atomic mass is 35.5. The third-order valence-corrected chi connectivity index (χ3v) is 7.08. The summed E-state index contributed by atoms with van der Waals surface area (Å²) in [5.74, 6) is 1.86. The Morgan fingerprint density at radius 3 is 2.25 bits per heavy atom. The number of hydrogen-bond acceptors (Lipinski definition) is 4. The molecule has 0 spiro atoms. The quantitative estimate of drug-likeness (QED) is 0.188. The van der Waals surface area contributed by atoms with Gasteiger partial charge in [0.15, 0.2) is 22.5 Å². The standard InChI is InChI=1S/C33H30N3O3.ClH/c1-37-29-19-23(20-30(38-2)33(29)39-3)21-35-27-12-4-5-13-28(27)36-31(35)17-16-25-10-7-9-24(32(25)36)15-14-22-8-6-11-26(34)18-22;/h4-20H,21,34H2,1-3H3;1H/q+1;/p-1. The molecule has 40 heavy (non-hydrogen) atoms. The monoisotopic (exact) mass is 551 g/mol. The van der Waals surface area contributed by atoms with Crippen LogP contribution in [0.5, 0.6) is 17.2 Å². The predicted molar refractivity (Wildman–Crippen MR) is 158 cm³/mol. The Bertz CT molecular complexity index is 1850. The van der Waals surface area contributed by atoms with Crippen LogP contribution in [0.25, 0.3) is 39.7 Å². The number of para-hydroxylation sites is 3. The lowest BCUT2D eigenvalue weighted by Crippen LogP contribution is -3.00. The summed E-state index contributed by atoms with van der Waals surface area (Å²) in [5.41, 5.74) is 14.5. The molecule has 0 saturated carbocycles. The number of imidazole rings is 1. The normalized spacial score (nSPS) is 11.3. The van der Waals surface area contributed by atoms with Crippen molar-refractivity contribution in [1.29, 1.82) is 0 Å². The van der Waals surface area contributed by atoms with Gasteiger partial charge in [-0.1, -0.05) is 54.6 Å². The highest BCUT2D eigenvalue weighted by molar-refractivity contribution is 5.95. The molecular formula is C33H30ClN3O3. The molecule has 0 atom stereocenters. The van der Waals surface area contributed by atoms with Crippen LogP contribution in [0.15, 0.2) is 91.0 Å². The molecule has 6 aromatic rings. The maximum atomic E-state index is 6.01. The fourth-order valence-corrected chi connectivity index (χ4v) is 5.34. The molecule has 2 N–H and O–H groups in total. The molecule has 6 rings (SSSR count). The van der Waals surface area contributed by atoms with Gasteiger partial charge in [-0.2, -0.15) is 4.40 Å². The zero-order valence-corrected chi connectivity index (χ0v) is 23.4. The summed E-state index contributed by atoms with van der Waals surface area (Å²) in [6.07, 6.45) is 4.27. The predicted octanol–water partition coefficient (Wildman–Crippen LogP) is 3.36. The molecule has 0 amide bonds. The van der Waals surface area contributed by atoms with E-state index in [0.717, 1.165) is 50.0 Å². The van der Waals surface area contributed by atoms with Crippen LogP contribution in [0.1, 0.15) is 16.7 Å². The molecule has 0 saturated heterocycles. The number of aromatic nitrogens is 2. The molecule has 2 heterocycles. The van der Waals surface area contributed by atoms with Gasteiger partial charge in [-0.25, -0.2) is 4.57 Å². The van der Waals surface area contributed by atoms with Gasteiger partial charge in [-0.05, 0) is 48.0 Å². The van der Waals surface area contributed by atoms with E-state index in [2.05, 4.69) is 81.8 Å². The van der Waals surface area contributed by atoms with Crippen LogP contribution in [0.4, 0.5) is 5.69 Å². The molecule has 0 unspecified atom stereocenters. The van der Waals surface area contributed by atoms with Crippen LogP contribution in [-0.2, 0) is 6.54 Å².